The molecule has 1 N–H and O–H groups in total. The monoisotopic (exact) mass is 270 g/mol. The highest BCUT2D eigenvalue weighted by atomic mass is 32.1. The minimum Gasteiger partial charge on any atom is -0.466 e. The molecule has 0 amide bonds. The van der Waals surface area contributed by atoms with Crippen molar-refractivity contribution >= 4 is 17.3 Å². The van der Waals surface area contributed by atoms with E-state index < -0.39 is 12.0 Å². The van der Waals surface area contributed by atoms with Crippen molar-refractivity contribution in [2.75, 3.05) is 6.61 Å². The fourth-order valence-corrected chi connectivity index (χ4v) is 2.88. The van der Waals surface area contributed by atoms with E-state index in [9.17, 15) is 9.90 Å². The third-order valence-electron chi connectivity index (χ3n) is 2.86. The van der Waals surface area contributed by atoms with Gasteiger partial charge < -0.3 is 9.84 Å². The highest BCUT2D eigenvalue weighted by Gasteiger charge is 2.28. The van der Waals surface area contributed by atoms with E-state index in [-0.39, 0.29) is 5.97 Å². The van der Waals surface area contributed by atoms with E-state index in [2.05, 4.69) is 0 Å². The lowest BCUT2D eigenvalue weighted by molar-refractivity contribution is -0.152. The van der Waals surface area contributed by atoms with Gasteiger partial charge in [0.25, 0.3) is 0 Å². The van der Waals surface area contributed by atoms with Gasteiger partial charge in [0.1, 0.15) is 0 Å². The van der Waals surface area contributed by atoms with Crippen molar-refractivity contribution in [1.29, 1.82) is 0 Å². The minimum absolute atomic E-state index is 0.287. The Bertz CT molecular complexity index is 373. The predicted octanol–water partition coefficient (Wildman–Crippen LogP) is 2.94. The van der Waals surface area contributed by atoms with E-state index in [0.29, 0.717) is 19.4 Å². The molecule has 102 valence electrons. The number of hydrogen-bond donors (Lipinski definition) is 1. The summed E-state index contributed by atoms with van der Waals surface area (Å²) < 4.78 is 5.06. The van der Waals surface area contributed by atoms with Crippen LogP contribution >= 0.6 is 11.3 Å². The first-order valence-electron chi connectivity index (χ1n) is 6.48. The maximum Gasteiger partial charge on any atom is 0.311 e. The second kappa shape index (κ2) is 7.54. The molecule has 18 heavy (non-hydrogen) atoms. The van der Waals surface area contributed by atoms with Crippen molar-refractivity contribution in [2.24, 2.45) is 5.92 Å². The molecule has 0 spiro atoms. The Kier molecular flexibility index (Phi) is 6.36. The minimum atomic E-state index is -0.614. The number of esters is 1. The molecule has 0 fully saturated rings. The lowest BCUT2D eigenvalue weighted by Crippen LogP contribution is -2.31. The Morgan fingerprint density at radius 3 is 2.67 bits per heavy atom. The number of thiophene rings is 1. The van der Waals surface area contributed by atoms with E-state index in [1.807, 2.05) is 26.0 Å². The van der Waals surface area contributed by atoms with Gasteiger partial charge in [-0.3, -0.25) is 4.79 Å². The van der Waals surface area contributed by atoms with Crippen molar-refractivity contribution < 1.29 is 14.6 Å². The molecule has 1 heterocycles. The van der Waals surface area contributed by atoms with Crippen molar-refractivity contribution in [2.45, 2.75) is 46.1 Å². The van der Waals surface area contributed by atoms with Crippen LogP contribution in [0.3, 0.4) is 0 Å². The van der Waals surface area contributed by atoms with Crippen LogP contribution in [-0.2, 0) is 16.0 Å². The number of rotatable bonds is 7. The van der Waals surface area contributed by atoms with Crippen molar-refractivity contribution in [1.82, 2.24) is 0 Å². The Morgan fingerprint density at radius 1 is 1.44 bits per heavy atom. The van der Waals surface area contributed by atoms with Gasteiger partial charge in [-0.05, 0) is 38.8 Å². The number of aryl methyl sites for hydroxylation is 1. The number of aliphatic hydroxyl groups excluding tert-OH is 1. The Balaban J connectivity index is 2.73. The molecule has 1 rings (SSSR count). The van der Waals surface area contributed by atoms with Gasteiger partial charge in [-0.15, -0.1) is 11.3 Å². The van der Waals surface area contributed by atoms with Gasteiger partial charge in [-0.25, -0.2) is 0 Å². The number of ether oxygens (including phenoxy) is 1. The SMILES string of the molecule is CCC[C@@H](O)[C@@H](Cc1ccc(C)s1)C(=O)OCC. The van der Waals surface area contributed by atoms with Crippen LogP contribution in [0.25, 0.3) is 0 Å². The first-order valence-corrected chi connectivity index (χ1v) is 7.30. The number of aliphatic hydroxyl groups is 1. The van der Waals surface area contributed by atoms with Gasteiger partial charge in [0, 0.05) is 9.75 Å². The summed E-state index contributed by atoms with van der Waals surface area (Å²) in [7, 11) is 0. The van der Waals surface area contributed by atoms with Crippen LogP contribution in [0.1, 0.15) is 36.4 Å². The summed E-state index contributed by atoms with van der Waals surface area (Å²) in [6.45, 7) is 6.19. The lowest BCUT2D eigenvalue weighted by atomic mass is 9.94. The van der Waals surface area contributed by atoms with Crippen molar-refractivity contribution in [3.05, 3.63) is 21.9 Å². The molecule has 2 atom stereocenters. The molecule has 1 aromatic rings. The second-order valence-corrected chi connectivity index (χ2v) is 5.80. The van der Waals surface area contributed by atoms with Crippen molar-refractivity contribution in [3.8, 4) is 0 Å². The number of carbonyl (C=O) groups excluding carboxylic acids is 1. The molecular formula is C14H22O3S. The highest BCUT2D eigenvalue weighted by Crippen LogP contribution is 2.23. The van der Waals surface area contributed by atoms with E-state index in [0.717, 1.165) is 11.3 Å². The van der Waals surface area contributed by atoms with Crippen LogP contribution in [0.5, 0.6) is 0 Å². The normalized spacial score (nSPS) is 14.2. The molecule has 0 saturated heterocycles. The summed E-state index contributed by atoms with van der Waals surface area (Å²) in [6.07, 6.45) is 1.45. The average Bonchev–Trinajstić information content (AvgIpc) is 2.72. The molecule has 0 aliphatic rings. The molecule has 3 nitrogen and oxygen atoms in total. The second-order valence-electron chi connectivity index (χ2n) is 4.43. The van der Waals surface area contributed by atoms with Gasteiger partial charge >= 0.3 is 5.97 Å². The maximum absolute atomic E-state index is 11.9. The van der Waals surface area contributed by atoms with Gasteiger partial charge in [-0.2, -0.15) is 0 Å². The highest BCUT2D eigenvalue weighted by molar-refractivity contribution is 7.11. The zero-order chi connectivity index (χ0) is 13.5. The smallest absolute Gasteiger partial charge is 0.311 e. The fraction of sp³-hybridized carbons (Fsp3) is 0.643. The molecule has 0 aliphatic heterocycles. The van der Waals surface area contributed by atoms with Gasteiger partial charge in [0.15, 0.2) is 0 Å². The zero-order valence-electron chi connectivity index (χ0n) is 11.3. The topological polar surface area (TPSA) is 46.5 Å². The van der Waals surface area contributed by atoms with Crippen molar-refractivity contribution in [3.63, 3.8) is 0 Å². The fourth-order valence-electron chi connectivity index (χ4n) is 1.93. The quantitative estimate of drug-likeness (QED) is 0.775. The van der Waals surface area contributed by atoms with E-state index >= 15 is 0 Å². The maximum atomic E-state index is 11.9. The van der Waals surface area contributed by atoms with Crippen LogP contribution in [0.15, 0.2) is 12.1 Å². The molecule has 0 bridgehead atoms. The molecule has 0 saturated carbocycles. The van der Waals surface area contributed by atoms with E-state index in [1.54, 1.807) is 18.3 Å². The third-order valence-corrected chi connectivity index (χ3v) is 3.88. The van der Waals surface area contributed by atoms with Crippen LogP contribution in [0.2, 0.25) is 0 Å². The van der Waals surface area contributed by atoms with Crippen LogP contribution in [0.4, 0.5) is 0 Å². The molecule has 0 aromatic carbocycles. The molecule has 4 heteroatoms. The van der Waals surface area contributed by atoms with Gasteiger partial charge in [-0.1, -0.05) is 13.3 Å². The van der Waals surface area contributed by atoms with Gasteiger partial charge in [0.05, 0.1) is 18.6 Å². The number of carbonyl (C=O) groups is 1. The summed E-state index contributed by atoms with van der Waals surface area (Å²) in [5.74, 6) is -0.729. The Labute approximate surface area is 113 Å². The van der Waals surface area contributed by atoms with E-state index in [4.69, 9.17) is 4.74 Å². The molecule has 1 aromatic heterocycles. The predicted molar refractivity (Wildman–Crippen MR) is 73.8 cm³/mol. The van der Waals surface area contributed by atoms with E-state index in [1.165, 1.54) is 4.88 Å². The van der Waals surface area contributed by atoms with Gasteiger partial charge in [0.2, 0.25) is 0 Å². The Morgan fingerprint density at radius 2 is 2.17 bits per heavy atom. The zero-order valence-corrected chi connectivity index (χ0v) is 12.1. The largest absolute Gasteiger partial charge is 0.466 e. The summed E-state index contributed by atoms with van der Waals surface area (Å²) in [5, 5.41) is 10.1. The molecular weight excluding hydrogens is 248 g/mol. The summed E-state index contributed by atoms with van der Waals surface area (Å²) in [6, 6.07) is 4.05. The summed E-state index contributed by atoms with van der Waals surface area (Å²) in [5.41, 5.74) is 0. The standard InChI is InChI=1S/C14H22O3S/c1-4-6-13(15)12(14(16)17-5-2)9-11-8-7-10(3)18-11/h7-8,12-13,15H,4-6,9H2,1-3H3/t12-,13-/m1/s1. The van der Waals surface area contributed by atoms with Crippen LogP contribution in [0, 0.1) is 12.8 Å². The van der Waals surface area contributed by atoms with Crippen LogP contribution < -0.4 is 0 Å². The Hall–Kier alpha value is -0.870. The summed E-state index contributed by atoms with van der Waals surface area (Å²) >= 11 is 1.67. The molecule has 0 aliphatic carbocycles. The van der Waals surface area contributed by atoms with Crippen LogP contribution in [-0.4, -0.2) is 23.8 Å². The summed E-state index contributed by atoms with van der Waals surface area (Å²) in [4.78, 5) is 14.2. The molecule has 0 radical (unpaired) electrons. The number of hydrogen-bond acceptors (Lipinski definition) is 4. The first kappa shape index (κ1) is 15.2. The average molecular weight is 270 g/mol. The third kappa shape index (κ3) is 4.42. The first-order chi connectivity index (χ1) is 8.58. The lowest BCUT2D eigenvalue weighted by Gasteiger charge is -2.20. The molecule has 0 unspecified atom stereocenters.